The van der Waals surface area contributed by atoms with E-state index in [9.17, 15) is 4.79 Å². The molecule has 3 aromatic rings. The molecule has 3 nitrogen and oxygen atoms in total. The number of hydrogen-bond donors (Lipinski definition) is 1. The van der Waals surface area contributed by atoms with Crippen LogP contribution in [0.1, 0.15) is 11.3 Å². The first-order valence-electron chi connectivity index (χ1n) is 7.17. The first-order valence-corrected chi connectivity index (χ1v) is 8.85. The fourth-order valence-corrected chi connectivity index (χ4v) is 3.27. The lowest BCUT2D eigenvalue weighted by atomic mass is 10.2. The van der Waals surface area contributed by atoms with Crippen LogP contribution in [0.3, 0.4) is 0 Å². The molecule has 0 unspecified atom stereocenters. The third kappa shape index (κ3) is 4.06. The van der Waals surface area contributed by atoms with E-state index >= 15 is 0 Å². The van der Waals surface area contributed by atoms with Crippen LogP contribution in [0.2, 0.25) is 0 Å². The molecule has 1 amide bonds. The summed E-state index contributed by atoms with van der Waals surface area (Å²) in [6, 6.07) is 15.7. The number of aromatic nitrogens is 1. The SMILES string of the molecule is Cc1cc(NC(=O)Cc2csc(-c3ccccc3)n2)ccc1Br. The Morgan fingerprint density at radius 2 is 2.00 bits per heavy atom. The standard InChI is InChI=1S/C18H15BrN2OS/c1-12-9-14(7-8-16(12)19)20-17(22)10-15-11-23-18(21-15)13-5-3-2-4-6-13/h2-9,11H,10H2,1H3,(H,20,22). The van der Waals surface area contributed by atoms with Gasteiger partial charge in [-0.3, -0.25) is 4.79 Å². The lowest BCUT2D eigenvalue weighted by molar-refractivity contribution is -0.115. The van der Waals surface area contributed by atoms with Crippen LogP contribution in [0, 0.1) is 6.92 Å². The lowest BCUT2D eigenvalue weighted by Crippen LogP contribution is -2.14. The number of nitrogens with one attached hydrogen (secondary N) is 1. The van der Waals surface area contributed by atoms with Crippen LogP contribution in [-0.2, 0) is 11.2 Å². The largest absolute Gasteiger partial charge is 0.326 e. The monoisotopic (exact) mass is 386 g/mol. The number of carbonyl (C=O) groups is 1. The van der Waals surface area contributed by atoms with Crippen LogP contribution in [0.25, 0.3) is 10.6 Å². The molecule has 0 fully saturated rings. The minimum atomic E-state index is -0.0587. The number of thiazole rings is 1. The average Bonchev–Trinajstić information content (AvgIpc) is 3.00. The van der Waals surface area contributed by atoms with Crippen molar-refractivity contribution >= 4 is 38.9 Å². The fourth-order valence-electron chi connectivity index (χ4n) is 2.19. The summed E-state index contributed by atoms with van der Waals surface area (Å²) in [4.78, 5) is 16.7. The maximum absolute atomic E-state index is 12.2. The van der Waals surface area contributed by atoms with Crippen molar-refractivity contribution in [2.75, 3.05) is 5.32 Å². The van der Waals surface area contributed by atoms with Gasteiger partial charge in [0.2, 0.25) is 5.91 Å². The highest BCUT2D eigenvalue weighted by Gasteiger charge is 2.09. The van der Waals surface area contributed by atoms with Crippen molar-refractivity contribution < 1.29 is 4.79 Å². The van der Waals surface area contributed by atoms with Gasteiger partial charge in [-0.1, -0.05) is 46.3 Å². The van der Waals surface area contributed by atoms with E-state index in [2.05, 4.69) is 26.2 Å². The third-order valence-corrected chi connectivity index (χ3v) is 5.19. The minimum absolute atomic E-state index is 0.0587. The van der Waals surface area contributed by atoms with Gasteiger partial charge in [0.25, 0.3) is 0 Å². The summed E-state index contributed by atoms with van der Waals surface area (Å²) < 4.78 is 1.03. The molecule has 1 N–H and O–H groups in total. The molecule has 0 radical (unpaired) electrons. The van der Waals surface area contributed by atoms with Crippen molar-refractivity contribution in [3.05, 3.63) is 69.6 Å². The zero-order valence-electron chi connectivity index (χ0n) is 12.5. The first kappa shape index (κ1) is 15.9. The Morgan fingerprint density at radius 1 is 1.22 bits per heavy atom. The van der Waals surface area contributed by atoms with Gasteiger partial charge in [0.05, 0.1) is 12.1 Å². The van der Waals surface area contributed by atoms with E-state index in [0.717, 1.165) is 32.0 Å². The Morgan fingerprint density at radius 3 is 2.74 bits per heavy atom. The Hall–Kier alpha value is -1.98. The number of hydrogen-bond acceptors (Lipinski definition) is 3. The molecule has 0 bridgehead atoms. The van der Waals surface area contributed by atoms with E-state index in [0.29, 0.717) is 0 Å². The molecule has 0 saturated heterocycles. The second kappa shape index (κ2) is 7.06. The lowest BCUT2D eigenvalue weighted by Gasteiger charge is -2.06. The van der Waals surface area contributed by atoms with Gasteiger partial charge >= 0.3 is 0 Å². The third-order valence-electron chi connectivity index (χ3n) is 3.36. The van der Waals surface area contributed by atoms with Gasteiger partial charge < -0.3 is 5.32 Å². The Kier molecular flexibility index (Phi) is 4.88. The van der Waals surface area contributed by atoms with E-state index < -0.39 is 0 Å². The number of aryl methyl sites for hydroxylation is 1. The van der Waals surface area contributed by atoms with Gasteiger partial charge in [0.1, 0.15) is 5.01 Å². The quantitative estimate of drug-likeness (QED) is 0.680. The van der Waals surface area contributed by atoms with Crippen LogP contribution in [0.5, 0.6) is 0 Å². The molecule has 2 aromatic carbocycles. The average molecular weight is 387 g/mol. The molecule has 1 heterocycles. The van der Waals surface area contributed by atoms with Crippen molar-refractivity contribution in [3.63, 3.8) is 0 Å². The second-order valence-electron chi connectivity index (χ2n) is 5.20. The molecule has 0 spiro atoms. The predicted molar refractivity (Wildman–Crippen MR) is 98.8 cm³/mol. The molecule has 0 aliphatic rings. The summed E-state index contributed by atoms with van der Waals surface area (Å²) in [6.07, 6.45) is 0.276. The number of benzene rings is 2. The number of nitrogens with zero attached hydrogens (tertiary/aromatic N) is 1. The highest BCUT2D eigenvalue weighted by atomic mass is 79.9. The molecule has 0 atom stereocenters. The molecular weight excluding hydrogens is 372 g/mol. The van der Waals surface area contributed by atoms with Gasteiger partial charge in [-0.05, 0) is 30.7 Å². The maximum Gasteiger partial charge on any atom is 0.230 e. The summed E-state index contributed by atoms with van der Waals surface area (Å²) in [6.45, 7) is 1.99. The van der Waals surface area contributed by atoms with E-state index in [1.54, 1.807) is 11.3 Å². The van der Waals surface area contributed by atoms with Crippen LogP contribution in [0.15, 0.2) is 58.4 Å². The van der Waals surface area contributed by atoms with Gasteiger partial charge in [-0.2, -0.15) is 0 Å². The minimum Gasteiger partial charge on any atom is -0.326 e. The molecule has 3 rings (SSSR count). The molecule has 5 heteroatoms. The molecule has 1 aromatic heterocycles. The van der Waals surface area contributed by atoms with E-state index in [1.165, 1.54) is 0 Å². The highest BCUT2D eigenvalue weighted by molar-refractivity contribution is 9.10. The number of carbonyl (C=O) groups excluding carboxylic acids is 1. The van der Waals surface area contributed by atoms with Crippen molar-refractivity contribution in [1.29, 1.82) is 0 Å². The van der Waals surface area contributed by atoms with Gasteiger partial charge in [-0.15, -0.1) is 11.3 Å². The van der Waals surface area contributed by atoms with Crippen molar-refractivity contribution in [2.24, 2.45) is 0 Å². The van der Waals surface area contributed by atoms with Crippen LogP contribution in [-0.4, -0.2) is 10.9 Å². The smallest absolute Gasteiger partial charge is 0.230 e. The number of anilines is 1. The summed E-state index contributed by atoms with van der Waals surface area (Å²) in [5.74, 6) is -0.0587. The van der Waals surface area contributed by atoms with Crippen molar-refractivity contribution in [3.8, 4) is 10.6 Å². The first-order chi connectivity index (χ1) is 11.1. The Bertz CT molecular complexity index is 830. The number of amides is 1. The van der Waals surface area contributed by atoms with Gasteiger partial charge in [0, 0.05) is 21.1 Å². The molecule has 0 aliphatic carbocycles. The number of rotatable bonds is 4. The Balaban J connectivity index is 1.66. The second-order valence-corrected chi connectivity index (χ2v) is 6.91. The van der Waals surface area contributed by atoms with E-state index in [4.69, 9.17) is 0 Å². The van der Waals surface area contributed by atoms with Gasteiger partial charge in [0.15, 0.2) is 0 Å². The number of halogens is 1. The molecule has 23 heavy (non-hydrogen) atoms. The van der Waals surface area contributed by atoms with Crippen LogP contribution in [0.4, 0.5) is 5.69 Å². The highest BCUT2D eigenvalue weighted by Crippen LogP contribution is 2.24. The van der Waals surface area contributed by atoms with Gasteiger partial charge in [-0.25, -0.2) is 4.98 Å². The van der Waals surface area contributed by atoms with Crippen molar-refractivity contribution in [2.45, 2.75) is 13.3 Å². The summed E-state index contributed by atoms with van der Waals surface area (Å²) in [5, 5.41) is 5.79. The zero-order chi connectivity index (χ0) is 16.2. The summed E-state index contributed by atoms with van der Waals surface area (Å²) in [5.41, 5.74) is 3.75. The zero-order valence-corrected chi connectivity index (χ0v) is 14.9. The van der Waals surface area contributed by atoms with E-state index in [-0.39, 0.29) is 12.3 Å². The summed E-state index contributed by atoms with van der Waals surface area (Å²) >= 11 is 5.01. The van der Waals surface area contributed by atoms with Crippen molar-refractivity contribution in [1.82, 2.24) is 4.98 Å². The van der Waals surface area contributed by atoms with Crippen LogP contribution < -0.4 is 5.32 Å². The molecular formula is C18H15BrN2OS. The molecule has 0 saturated carbocycles. The molecule has 0 aliphatic heterocycles. The van der Waals surface area contributed by atoms with E-state index in [1.807, 2.05) is 60.8 Å². The fraction of sp³-hybridized carbons (Fsp3) is 0.111. The predicted octanol–water partition coefficient (Wildman–Crippen LogP) is 5.06. The molecule has 116 valence electrons. The normalized spacial score (nSPS) is 10.5. The summed E-state index contributed by atoms with van der Waals surface area (Å²) in [7, 11) is 0. The Labute approximate surface area is 147 Å². The topological polar surface area (TPSA) is 42.0 Å². The van der Waals surface area contributed by atoms with Crippen LogP contribution >= 0.6 is 27.3 Å². The maximum atomic E-state index is 12.2.